The van der Waals surface area contributed by atoms with Gasteiger partial charge >= 0.3 is 0 Å². The average molecular weight is 238 g/mol. The van der Waals surface area contributed by atoms with Crippen molar-refractivity contribution in [1.82, 2.24) is 19.8 Å². The summed E-state index contributed by atoms with van der Waals surface area (Å²) in [6, 6.07) is 0. The van der Waals surface area contributed by atoms with Crippen LogP contribution >= 0.6 is 0 Å². The van der Waals surface area contributed by atoms with Crippen molar-refractivity contribution in [2.24, 2.45) is 7.05 Å². The maximum atomic E-state index is 11.5. The summed E-state index contributed by atoms with van der Waals surface area (Å²) in [5.74, 6) is 0.238. The molecule has 0 saturated carbocycles. The number of β-amino-alcohol motifs (C(OH)–C–C–N with tert-alkyl or cyclic N) is 1. The van der Waals surface area contributed by atoms with Gasteiger partial charge in [-0.2, -0.15) is 0 Å². The summed E-state index contributed by atoms with van der Waals surface area (Å²) in [4.78, 5) is 17.8. The molecule has 0 aliphatic carbocycles. The lowest BCUT2D eigenvalue weighted by Crippen LogP contribution is -2.25. The molecule has 0 bridgehead atoms. The summed E-state index contributed by atoms with van der Waals surface area (Å²) < 4.78 is 1.80. The maximum absolute atomic E-state index is 11.5. The molecule has 94 valence electrons. The molecule has 0 spiro atoms. The number of amides is 1. The number of nitrogens with one attached hydrogen (secondary N) is 1. The normalized spacial score (nSPS) is 20.8. The molecule has 2 N–H and O–H groups in total. The first-order chi connectivity index (χ1) is 8.11. The molecule has 0 aromatic carbocycles. The first-order valence-electron chi connectivity index (χ1n) is 5.75. The van der Waals surface area contributed by atoms with Gasteiger partial charge in [-0.05, 0) is 6.42 Å². The van der Waals surface area contributed by atoms with E-state index in [1.807, 2.05) is 7.05 Å². The van der Waals surface area contributed by atoms with Crippen LogP contribution in [0.15, 0.2) is 6.20 Å². The summed E-state index contributed by atoms with van der Waals surface area (Å²) in [6.45, 7) is 2.31. The molecule has 6 heteroatoms. The second-order valence-corrected chi connectivity index (χ2v) is 4.39. The van der Waals surface area contributed by atoms with E-state index < -0.39 is 0 Å². The second-order valence-electron chi connectivity index (χ2n) is 4.39. The van der Waals surface area contributed by atoms with Crippen molar-refractivity contribution in [1.29, 1.82) is 0 Å². The van der Waals surface area contributed by atoms with Crippen molar-refractivity contribution in [2.75, 3.05) is 20.1 Å². The number of aromatic nitrogens is 2. The quantitative estimate of drug-likeness (QED) is 0.734. The largest absolute Gasteiger partial charge is 0.392 e. The van der Waals surface area contributed by atoms with Gasteiger partial charge in [0.25, 0.3) is 5.91 Å². The van der Waals surface area contributed by atoms with Crippen LogP contribution in [0.25, 0.3) is 0 Å². The van der Waals surface area contributed by atoms with Gasteiger partial charge in [-0.3, -0.25) is 9.69 Å². The Morgan fingerprint density at radius 1 is 1.71 bits per heavy atom. The molecule has 1 aromatic heterocycles. The maximum Gasteiger partial charge on any atom is 0.287 e. The average Bonchev–Trinajstić information content (AvgIpc) is 2.87. The molecule has 1 saturated heterocycles. The van der Waals surface area contributed by atoms with Crippen LogP contribution in [0.2, 0.25) is 0 Å². The Labute approximate surface area is 100 Å². The van der Waals surface area contributed by atoms with Crippen LogP contribution in [0.3, 0.4) is 0 Å². The minimum Gasteiger partial charge on any atom is -0.392 e. The monoisotopic (exact) mass is 238 g/mol. The zero-order valence-corrected chi connectivity index (χ0v) is 10.2. The lowest BCUT2D eigenvalue weighted by atomic mass is 10.3. The Morgan fingerprint density at radius 3 is 3.06 bits per heavy atom. The number of nitrogens with zero attached hydrogens (tertiary/aromatic N) is 3. The lowest BCUT2D eigenvalue weighted by Gasteiger charge is -2.15. The van der Waals surface area contributed by atoms with E-state index in [9.17, 15) is 9.90 Å². The van der Waals surface area contributed by atoms with E-state index in [0.717, 1.165) is 25.2 Å². The van der Waals surface area contributed by atoms with E-state index in [2.05, 4.69) is 15.2 Å². The number of hydrogen-bond donors (Lipinski definition) is 2. The first kappa shape index (κ1) is 12.1. The summed E-state index contributed by atoms with van der Waals surface area (Å²) in [7, 11) is 3.42. The minimum atomic E-state index is -0.221. The Kier molecular flexibility index (Phi) is 3.44. The number of rotatable bonds is 3. The predicted molar refractivity (Wildman–Crippen MR) is 62.5 cm³/mol. The molecule has 2 heterocycles. The number of carbonyl (C=O) groups is 1. The highest BCUT2D eigenvalue weighted by Gasteiger charge is 2.22. The fourth-order valence-electron chi connectivity index (χ4n) is 2.10. The molecule has 1 aromatic rings. The molecule has 1 fully saturated rings. The second kappa shape index (κ2) is 4.85. The van der Waals surface area contributed by atoms with Crippen LogP contribution in [-0.4, -0.2) is 51.7 Å². The zero-order chi connectivity index (χ0) is 12.4. The van der Waals surface area contributed by atoms with Gasteiger partial charge in [-0.15, -0.1) is 0 Å². The van der Waals surface area contributed by atoms with E-state index in [1.165, 1.54) is 0 Å². The van der Waals surface area contributed by atoms with Crippen LogP contribution in [0.1, 0.15) is 22.7 Å². The molecule has 0 radical (unpaired) electrons. The Hall–Kier alpha value is -1.40. The van der Waals surface area contributed by atoms with Crippen LogP contribution in [-0.2, 0) is 13.6 Å². The molecule has 1 aliphatic heterocycles. The van der Waals surface area contributed by atoms with Gasteiger partial charge in [-0.1, -0.05) is 0 Å². The molecule has 2 rings (SSSR count). The lowest BCUT2D eigenvalue weighted by molar-refractivity contribution is 0.0949. The summed E-state index contributed by atoms with van der Waals surface area (Å²) in [6.07, 6.45) is 2.32. The SMILES string of the molecule is CNC(=O)c1ncc(CN2CC[C@H](O)C2)n1C. The third-order valence-electron chi connectivity index (χ3n) is 3.15. The van der Waals surface area contributed by atoms with Gasteiger partial charge in [0.2, 0.25) is 0 Å². The molecular formula is C11H18N4O2. The topological polar surface area (TPSA) is 70.4 Å². The molecule has 1 aliphatic rings. The fourth-order valence-corrected chi connectivity index (χ4v) is 2.10. The van der Waals surface area contributed by atoms with Crippen molar-refractivity contribution < 1.29 is 9.90 Å². The van der Waals surface area contributed by atoms with Gasteiger partial charge in [0, 0.05) is 33.7 Å². The van der Waals surface area contributed by atoms with Crippen LogP contribution in [0.4, 0.5) is 0 Å². The standard InChI is InChI=1S/C11H18N4O2/c1-12-11(17)10-13-5-8(14(10)2)6-15-4-3-9(16)7-15/h5,9,16H,3-4,6-7H2,1-2H3,(H,12,17)/t9-/m0/s1. The highest BCUT2D eigenvalue weighted by molar-refractivity contribution is 5.90. The van der Waals surface area contributed by atoms with Crippen molar-refractivity contribution in [2.45, 2.75) is 19.1 Å². The van der Waals surface area contributed by atoms with E-state index in [4.69, 9.17) is 0 Å². The zero-order valence-electron chi connectivity index (χ0n) is 10.2. The predicted octanol–water partition coefficient (Wildman–Crippen LogP) is -0.654. The Morgan fingerprint density at radius 2 is 2.47 bits per heavy atom. The summed E-state index contributed by atoms with van der Waals surface area (Å²) in [5, 5.41) is 12.0. The van der Waals surface area contributed by atoms with Crippen LogP contribution in [0, 0.1) is 0 Å². The van der Waals surface area contributed by atoms with Gasteiger partial charge < -0.3 is 15.0 Å². The van der Waals surface area contributed by atoms with Crippen molar-refractivity contribution in [3.8, 4) is 0 Å². The summed E-state index contributed by atoms with van der Waals surface area (Å²) >= 11 is 0. The van der Waals surface area contributed by atoms with Gasteiger partial charge in [0.15, 0.2) is 5.82 Å². The molecule has 0 unspecified atom stereocenters. The smallest absolute Gasteiger partial charge is 0.287 e. The molecule has 1 atom stereocenters. The van der Waals surface area contributed by atoms with E-state index in [0.29, 0.717) is 12.4 Å². The molecule has 6 nitrogen and oxygen atoms in total. The number of aliphatic hydroxyl groups is 1. The Balaban J connectivity index is 2.07. The third kappa shape index (κ3) is 2.48. The van der Waals surface area contributed by atoms with Crippen LogP contribution in [0.5, 0.6) is 0 Å². The molecule has 17 heavy (non-hydrogen) atoms. The van der Waals surface area contributed by atoms with Crippen molar-refractivity contribution in [3.05, 3.63) is 17.7 Å². The van der Waals surface area contributed by atoms with E-state index in [-0.39, 0.29) is 12.0 Å². The number of imidazole rings is 1. The number of aliphatic hydroxyl groups excluding tert-OH is 1. The number of carbonyl (C=O) groups excluding carboxylic acids is 1. The third-order valence-corrected chi connectivity index (χ3v) is 3.15. The summed E-state index contributed by atoms with van der Waals surface area (Å²) in [5.41, 5.74) is 0.984. The van der Waals surface area contributed by atoms with Crippen molar-refractivity contribution >= 4 is 5.91 Å². The van der Waals surface area contributed by atoms with E-state index in [1.54, 1.807) is 17.8 Å². The van der Waals surface area contributed by atoms with Gasteiger partial charge in [0.1, 0.15) is 0 Å². The molecular weight excluding hydrogens is 220 g/mol. The van der Waals surface area contributed by atoms with E-state index >= 15 is 0 Å². The van der Waals surface area contributed by atoms with Crippen LogP contribution < -0.4 is 5.32 Å². The minimum absolute atomic E-state index is 0.180. The number of likely N-dealkylation sites (tertiary alicyclic amines) is 1. The van der Waals surface area contributed by atoms with Gasteiger partial charge in [0.05, 0.1) is 18.0 Å². The van der Waals surface area contributed by atoms with Gasteiger partial charge in [-0.25, -0.2) is 4.98 Å². The molecule has 1 amide bonds. The first-order valence-corrected chi connectivity index (χ1v) is 5.75. The number of hydrogen-bond acceptors (Lipinski definition) is 4. The highest BCUT2D eigenvalue weighted by Crippen LogP contribution is 2.13. The highest BCUT2D eigenvalue weighted by atomic mass is 16.3. The Bertz CT molecular complexity index is 416. The van der Waals surface area contributed by atoms with Crippen molar-refractivity contribution in [3.63, 3.8) is 0 Å². The fraction of sp³-hybridized carbons (Fsp3) is 0.636.